The second-order valence-electron chi connectivity index (χ2n) is 5.73. The number of nitrogens with zero attached hydrogens (tertiary/aromatic N) is 2. The summed E-state index contributed by atoms with van der Waals surface area (Å²) in [7, 11) is 0. The van der Waals surface area contributed by atoms with Gasteiger partial charge in [-0.25, -0.2) is 0 Å². The molecular weight excluding hydrogens is 302 g/mol. The van der Waals surface area contributed by atoms with Gasteiger partial charge in [0.05, 0.1) is 15.9 Å². The molecular formula is C15H26BrN3. The molecule has 0 unspecified atom stereocenters. The minimum atomic E-state index is 0.604. The zero-order chi connectivity index (χ0) is 13.8. The molecule has 2 rings (SSSR count). The van der Waals surface area contributed by atoms with Gasteiger partial charge >= 0.3 is 0 Å². The number of rotatable bonds is 5. The Morgan fingerprint density at radius 3 is 2.68 bits per heavy atom. The van der Waals surface area contributed by atoms with Gasteiger partial charge in [0.15, 0.2) is 0 Å². The molecule has 108 valence electrons. The monoisotopic (exact) mass is 327 g/mol. The number of hydrogen-bond acceptors (Lipinski definition) is 2. The lowest BCUT2D eigenvalue weighted by molar-refractivity contribution is 0.279. The lowest BCUT2D eigenvalue weighted by Gasteiger charge is -2.28. The van der Waals surface area contributed by atoms with Crippen LogP contribution < -0.4 is 5.32 Å². The summed E-state index contributed by atoms with van der Waals surface area (Å²) in [5.41, 5.74) is 2.37. The fraction of sp³-hybridized carbons (Fsp3) is 0.800. The highest BCUT2D eigenvalue weighted by molar-refractivity contribution is 9.10. The smallest absolute Gasteiger partial charge is 0.0739 e. The molecule has 1 aromatic heterocycles. The molecule has 3 nitrogen and oxygen atoms in total. The predicted octanol–water partition coefficient (Wildman–Crippen LogP) is 4.03. The van der Waals surface area contributed by atoms with Gasteiger partial charge in [-0.3, -0.25) is 4.68 Å². The number of aryl methyl sites for hydroxylation is 2. The van der Waals surface area contributed by atoms with E-state index in [1.54, 1.807) is 0 Å². The van der Waals surface area contributed by atoms with Crippen LogP contribution in [0.25, 0.3) is 0 Å². The fourth-order valence-corrected chi connectivity index (χ4v) is 3.52. The number of halogens is 1. The SMILES string of the molecule is CCn1nc(C)c(Br)c1CN[C@@H](C)C1CCCCC1. The van der Waals surface area contributed by atoms with Crippen LogP contribution in [0.2, 0.25) is 0 Å². The van der Waals surface area contributed by atoms with Crippen LogP contribution in [-0.4, -0.2) is 15.8 Å². The molecule has 1 saturated carbocycles. The van der Waals surface area contributed by atoms with E-state index in [2.05, 4.69) is 51.8 Å². The van der Waals surface area contributed by atoms with Crippen LogP contribution in [-0.2, 0) is 13.1 Å². The van der Waals surface area contributed by atoms with E-state index in [0.29, 0.717) is 6.04 Å². The summed E-state index contributed by atoms with van der Waals surface area (Å²) in [4.78, 5) is 0. The molecule has 19 heavy (non-hydrogen) atoms. The minimum absolute atomic E-state index is 0.604. The maximum Gasteiger partial charge on any atom is 0.0739 e. The number of nitrogens with one attached hydrogen (secondary N) is 1. The Morgan fingerprint density at radius 2 is 2.05 bits per heavy atom. The van der Waals surface area contributed by atoms with Crippen molar-refractivity contribution in [1.82, 2.24) is 15.1 Å². The van der Waals surface area contributed by atoms with E-state index in [1.165, 1.54) is 37.8 Å². The molecule has 4 heteroatoms. The Hall–Kier alpha value is -0.350. The summed E-state index contributed by atoms with van der Waals surface area (Å²) in [6.45, 7) is 8.38. The Kier molecular flexibility index (Phi) is 5.46. The minimum Gasteiger partial charge on any atom is -0.308 e. The maximum atomic E-state index is 4.55. The van der Waals surface area contributed by atoms with Crippen molar-refractivity contribution in [2.45, 2.75) is 72.0 Å². The molecule has 1 atom stereocenters. The summed E-state index contributed by atoms with van der Waals surface area (Å²) in [6.07, 6.45) is 7.03. The third-order valence-corrected chi connectivity index (χ3v) is 5.43. The molecule has 1 N–H and O–H groups in total. The van der Waals surface area contributed by atoms with Gasteiger partial charge in [-0.1, -0.05) is 19.3 Å². The first kappa shape index (κ1) is 15.0. The van der Waals surface area contributed by atoms with Crippen molar-refractivity contribution in [2.24, 2.45) is 5.92 Å². The molecule has 0 amide bonds. The zero-order valence-corrected chi connectivity index (χ0v) is 14.0. The summed E-state index contributed by atoms with van der Waals surface area (Å²) in [6, 6.07) is 0.604. The van der Waals surface area contributed by atoms with E-state index >= 15 is 0 Å². The third-order valence-electron chi connectivity index (χ3n) is 4.40. The van der Waals surface area contributed by atoms with Gasteiger partial charge in [0.2, 0.25) is 0 Å². The van der Waals surface area contributed by atoms with Crippen LogP contribution in [0.15, 0.2) is 4.47 Å². The van der Waals surface area contributed by atoms with Crippen LogP contribution in [0.4, 0.5) is 0 Å². The van der Waals surface area contributed by atoms with Crippen molar-refractivity contribution in [1.29, 1.82) is 0 Å². The molecule has 0 aliphatic heterocycles. The molecule has 1 fully saturated rings. The van der Waals surface area contributed by atoms with E-state index in [0.717, 1.165) is 29.2 Å². The van der Waals surface area contributed by atoms with Gasteiger partial charge < -0.3 is 5.32 Å². The fourth-order valence-electron chi connectivity index (χ4n) is 3.10. The second kappa shape index (κ2) is 6.89. The standard InChI is InChI=1S/C15H26BrN3/c1-4-19-14(15(16)12(3)18-19)10-17-11(2)13-8-6-5-7-9-13/h11,13,17H,4-10H2,1-3H3/t11-/m0/s1. The Bertz CT molecular complexity index is 408. The first-order valence-corrected chi connectivity index (χ1v) is 8.38. The summed E-state index contributed by atoms with van der Waals surface area (Å²) in [5, 5.41) is 8.26. The third kappa shape index (κ3) is 3.60. The lowest BCUT2D eigenvalue weighted by atomic mass is 9.84. The van der Waals surface area contributed by atoms with Crippen molar-refractivity contribution in [3.8, 4) is 0 Å². The van der Waals surface area contributed by atoms with Gasteiger partial charge in [-0.05, 0) is 55.5 Å². The number of aromatic nitrogens is 2. The highest BCUT2D eigenvalue weighted by atomic mass is 79.9. The zero-order valence-electron chi connectivity index (χ0n) is 12.4. The average Bonchev–Trinajstić information content (AvgIpc) is 2.72. The van der Waals surface area contributed by atoms with Gasteiger partial charge in [0.1, 0.15) is 0 Å². The summed E-state index contributed by atoms with van der Waals surface area (Å²) >= 11 is 3.66. The quantitative estimate of drug-likeness (QED) is 0.884. The topological polar surface area (TPSA) is 29.9 Å². The molecule has 0 spiro atoms. The average molecular weight is 328 g/mol. The van der Waals surface area contributed by atoms with Crippen molar-refractivity contribution >= 4 is 15.9 Å². The highest BCUT2D eigenvalue weighted by Crippen LogP contribution is 2.27. The van der Waals surface area contributed by atoms with Crippen molar-refractivity contribution < 1.29 is 0 Å². The molecule has 1 aromatic rings. The molecule has 0 radical (unpaired) electrons. The molecule has 0 bridgehead atoms. The van der Waals surface area contributed by atoms with Crippen LogP contribution in [0, 0.1) is 12.8 Å². The van der Waals surface area contributed by atoms with E-state index < -0.39 is 0 Å². The van der Waals surface area contributed by atoms with Gasteiger partial charge in [0.25, 0.3) is 0 Å². The summed E-state index contributed by atoms with van der Waals surface area (Å²) in [5.74, 6) is 0.853. The normalized spacial score (nSPS) is 18.7. The van der Waals surface area contributed by atoms with Crippen molar-refractivity contribution in [2.75, 3.05) is 0 Å². The second-order valence-corrected chi connectivity index (χ2v) is 6.52. The predicted molar refractivity (Wildman–Crippen MR) is 83.2 cm³/mol. The molecule has 0 aromatic carbocycles. The lowest BCUT2D eigenvalue weighted by Crippen LogP contribution is -2.34. The maximum absolute atomic E-state index is 4.55. The number of hydrogen-bond donors (Lipinski definition) is 1. The van der Waals surface area contributed by atoms with Crippen molar-refractivity contribution in [3.63, 3.8) is 0 Å². The van der Waals surface area contributed by atoms with Crippen molar-refractivity contribution in [3.05, 3.63) is 15.9 Å². The van der Waals surface area contributed by atoms with Crippen LogP contribution in [0.5, 0.6) is 0 Å². The molecule has 1 heterocycles. The van der Waals surface area contributed by atoms with Crippen LogP contribution in [0.3, 0.4) is 0 Å². The Labute approximate surface area is 125 Å². The van der Waals surface area contributed by atoms with Gasteiger partial charge in [-0.2, -0.15) is 5.10 Å². The first-order valence-electron chi connectivity index (χ1n) is 7.58. The van der Waals surface area contributed by atoms with E-state index in [1.807, 2.05) is 0 Å². The molecule has 1 aliphatic carbocycles. The molecule has 1 aliphatic rings. The van der Waals surface area contributed by atoms with Crippen LogP contribution >= 0.6 is 15.9 Å². The van der Waals surface area contributed by atoms with Gasteiger partial charge in [0, 0.05) is 19.1 Å². The van der Waals surface area contributed by atoms with E-state index in [9.17, 15) is 0 Å². The van der Waals surface area contributed by atoms with E-state index in [-0.39, 0.29) is 0 Å². The molecule has 0 saturated heterocycles. The Balaban J connectivity index is 1.94. The first-order chi connectivity index (χ1) is 9.13. The Morgan fingerprint density at radius 1 is 1.37 bits per heavy atom. The van der Waals surface area contributed by atoms with Gasteiger partial charge in [-0.15, -0.1) is 0 Å². The largest absolute Gasteiger partial charge is 0.308 e. The van der Waals surface area contributed by atoms with E-state index in [4.69, 9.17) is 0 Å². The van der Waals surface area contributed by atoms with Crippen LogP contribution in [0.1, 0.15) is 57.3 Å². The highest BCUT2D eigenvalue weighted by Gasteiger charge is 2.20. The summed E-state index contributed by atoms with van der Waals surface area (Å²) < 4.78 is 3.26.